The number of hydrogen-bond acceptors (Lipinski definition) is 3. The van der Waals surface area contributed by atoms with Gasteiger partial charge in [-0.15, -0.1) is 0 Å². The zero-order valence-electron chi connectivity index (χ0n) is 12.6. The molecule has 4 unspecified atom stereocenters. The second kappa shape index (κ2) is 6.06. The molecule has 0 amide bonds. The minimum atomic E-state index is 0.157. The third-order valence-corrected chi connectivity index (χ3v) is 5.42. The fourth-order valence-electron chi connectivity index (χ4n) is 4.19. The van der Waals surface area contributed by atoms with Crippen LogP contribution < -0.4 is 11.1 Å². The monoisotopic (exact) mass is 287 g/mol. The van der Waals surface area contributed by atoms with E-state index in [-0.39, 0.29) is 5.84 Å². The van der Waals surface area contributed by atoms with Crippen LogP contribution in [0.2, 0.25) is 0 Å². The number of hydrogen-bond donors (Lipinski definition) is 3. The molecule has 0 heterocycles. The summed E-state index contributed by atoms with van der Waals surface area (Å²) in [6.45, 7) is 3.21. The van der Waals surface area contributed by atoms with E-state index in [1.54, 1.807) is 0 Å². The lowest BCUT2D eigenvalue weighted by Gasteiger charge is -2.28. The second-order valence-electron chi connectivity index (χ2n) is 6.69. The maximum Gasteiger partial charge on any atom is 0.170 e. The second-order valence-corrected chi connectivity index (χ2v) is 6.69. The van der Waals surface area contributed by atoms with Crippen molar-refractivity contribution >= 4 is 5.84 Å². The van der Waals surface area contributed by atoms with Gasteiger partial charge in [0.15, 0.2) is 5.84 Å². The number of nitrogens with two attached hydrogens (primary N) is 1. The number of fused-ring (bicyclic) bond motifs is 2. The van der Waals surface area contributed by atoms with Crippen LogP contribution in [0.25, 0.3) is 0 Å². The van der Waals surface area contributed by atoms with Crippen molar-refractivity contribution in [1.29, 1.82) is 0 Å². The fourth-order valence-corrected chi connectivity index (χ4v) is 4.19. The number of nitrogens with one attached hydrogen (secondary N) is 1. The molecule has 0 saturated heterocycles. The van der Waals surface area contributed by atoms with Gasteiger partial charge in [0.05, 0.1) is 0 Å². The number of amidine groups is 1. The molecule has 0 spiro atoms. The molecule has 4 N–H and O–H groups in total. The van der Waals surface area contributed by atoms with Crippen LogP contribution in [-0.2, 0) is 6.54 Å². The van der Waals surface area contributed by atoms with E-state index in [0.717, 1.165) is 29.9 Å². The Labute approximate surface area is 126 Å². The lowest BCUT2D eigenvalue weighted by atomic mass is 9.84. The van der Waals surface area contributed by atoms with Crippen molar-refractivity contribution in [2.75, 3.05) is 0 Å². The summed E-state index contributed by atoms with van der Waals surface area (Å²) < 4.78 is 0. The Morgan fingerprint density at radius 1 is 1.33 bits per heavy atom. The van der Waals surface area contributed by atoms with Gasteiger partial charge in [0, 0.05) is 18.2 Å². The summed E-state index contributed by atoms with van der Waals surface area (Å²) >= 11 is 0. The number of rotatable bonds is 5. The summed E-state index contributed by atoms with van der Waals surface area (Å²) in [5, 5.41) is 15.4. The standard InChI is InChI=1S/C17H25N3O/c1-11(16-9-13-4-7-15(16)8-13)19-10-12-2-5-14(6-3-12)17(18)20-21/h2-3,5-6,11,13,15-16,19,21H,4,7-10H2,1H3,(H2,18,20). The lowest BCUT2D eigenvalue weighted by Crippen LogP contribution is -2.35. The minimum absolute atomic E-state index is 0.157. The maximum absolute atomic E-state index is 8.66. The molecule has 2 aliphatic carbocycles. The number of oxime groups is 1. The zero-order valence-corrected chi connectivity index (χ0v) is 12.6. The van der Waals surface area contributed by atoms with Gasteiger partial charge in [-0.2, -0.15) is 0 Å². The van der Waals surface area contributed by atoms with Gasteiger partial charge in [0.1, 0.15) is 0 Å². The van der Waals surface area contributed by atoms with Crippen molar-refractivity contribution in [2.24, 2.45) is 28.6 Å². The normalized spacial score (nSPS) is 29.8. The van der Waals surface area contributed by atoms with Crippen molar-refractivity contribution in [3.8, 4) is 0 Å². The Morgan fingerprint density at radius 3 is 2.67 bits per heavy atom. The molecule has 3 rings (SSSR count). The average molecular weight is 287 g/mol. The largest absolute Gasteiger partial charge is 0.409 e. The Hall–Kier alpha value is -1.55. The van der Waals surface area contributed by atoms with Gasteiger partial charge in [-0.25, -0.2) is 0 Å². The molecule has 2 fully saturated rings. The van der Waals surface area contributed by atoms with Crippen molar-refractivity contribution in [1.82, 2.24) is 5.32 Å². The highest BCUT2D eigenvalue weighted by Crippen LogP contribution is 2.49. The summed E-state index contributed by atoms with van der Waals surface area (Å²) in [6, 6.07) is 8.45. The van der Waals surface area contributed by atoms with E-state index in [0.29, 0.717) is 6.04 Å². The molecule has 4 heteroatoms. The Kier molecular flexibility index (Phi) is 4.15. The third kappa shape index (κ3) is 3.05. The molecular formula is C17H25N3O. The summed E-state index contributed by atoms with van der Waals surface area (Å²) in [5.41, 5.74) is 7.56. The van der Waals surface area contributed by atoms with E-state index >= 15 is 0 Å². The first-order valence-electron chi connectivity index (χ1n) is 7.97. The molecule has 4 atom stereocenters. The van der Waals surface area contributed by atoms with Crippen molar-refractivity contribution in [2.45, 2.75) is 45.2 Å². The number of nitrogens with zero attached hydrogens (tertiary/aromatic N) is 1. The van der Waals surface area contributed by atoms with Crippen LogP contribution in [0, 0.1) is 17.8 Å². The van der Waals surface area contributed by atoms with Gasteiger partial charge in [-0.1, -0.05) is 35.8 Å². The summed E-state index contributed by atoms with van der Waals surface area (Å²) in [6.07, 6.45) is 5.78. The molecule has 0 aliphatic heterocycles. The first-order valence-corrected chi connectivity index (χ1v) is 7.97. The summed E-state index contributed by atoms with van der Waals surface area (Å²) in [7, 11) is 0. The predicted molar refractivity (Wildman–Crippen MR) is 84.2 cm³/mol. The quantitative estimate of drug-likeness (QED) is 0.337. The first kappa shape index (κ1) is 14.4. The molecule has 4 nitrogen and oxygen atoms in total. The smallest absolute Gasteiger partial charge is 0.170 e. The van der Waals surface area contributed by atoms with Gasteiger partial charge in [-0.05, 0) is 49.5 Å². The van der Waals surface area contributed by atoms with E-state index in [2.05, 4.69) is 17.4 Å². The highest BCUT2D eigenvalue weighted by molar-refractivity contribution is 5.96. The van der Waals surface area contributed by atoms with Crippen LogP contribution in [0.4, 0.5) is 0 Å². The highest BCUT2D eigenvalue weighted by Gasteiger charge is 2.41. The van der Waals surface area contributed by atoms with Crippen molar-refractivity contribution in [3.05, 3.63) is 35.4 Å². The van der Waals surface area contributed by atoms with Gasteiger partial charge in [0.25, 0.3) is 0 Å². The first-order chi connectivity index (χ1) is 10.2. The van der Waals surface area contributed by atoms with Gasteiger partial charge < -0.3 is 16.3 Å². The average Bonchev–Trinajstić information content (AvgIpc) is 3.15. The molecule has 1 aromatic rings. The Morgan fingerprint density at radius 2 is 2.10 bits per heavy atom. The summed E-state index contributed by atoms with van der Waals surface area (Å²) in [5.74, 6) is 2.98. The molecule has 0 radical (unpaired) electrons. The van der Waals surface area contributed by atoms with E-state index in [4.69, 9.17) is 10.9 Å². The van der Waals surface area contributed by atoms with Crippen LogP contribution in [0.3, 0.4) is 0 Å². The Balaban J connectivity index is 1.53. The van der Waals surface area contributed by atoms with E-state index in [1.165, 1.54) is 31.2 Å². The SMILES string of the molecule is CC(NCc1ccc(C(N)=NO)cc1)C1CC2CCC1C2. The molecule has 2 aliphatic rings. The predicted octanol–water partition coefficient (Wildman–Crippen LogP) is 2.70. The highest BCUT2D eigenvalue weighted by atomic mass is 16.4. The van der Waals surface area contributed by atoms with Gasteiger partial charge in [0.2, 0.25) is 0 Å². The van der Waals surface area contributed by atoms with E-state index in [9.17, 15) is 0 Å². The molecule has 114 valence electrons. The molecule has 1 aromatic carbocycles. The topological polar surface area (TPSA) is 70.6 Å². The van der Waals surface area contributed by atoms with Crippen LogP contribution in [0.1, 0.15) is 43.7 Å². The summed E-state index contributed by atoms with van der Waals surface area (Å²) in [4.78, 5) is 0. The molecule has 21 heavy (non-hydrogen) atoms. The van der Waals surface area contributed by atoms with Crippen LogP contribution in [0.15, 0.2) is 29.4 Å². The van der Waals surface area contributed by atoms with Crippen molar-refractivity contribution in [3.63, 3.8) is 0 Å². The molecular weight excluding hydrogens is 262 g/mol. The van der Waals surface area contributed by atoms with Gasteiger partial charge in [-0.3, -0.25) is 0 Å². The van der Waals surface area contributed by atoms with Crippen LogP contribution in [-0.4, -0.2) is 17.1 Å². The lowest BCUT2D eigenvalue weighted by molar-refractivity contribution is 0.259. The molecule has 0 aromatic heterocycles. The van der Waals surface area contributed by atoms with Gasteiger partial charge >= 0.3 is 0 Å². The Bertz CT molecular complexity index is 511. The molecule has 2 saturated carbocycles. The third-order valence-electron chi connectivity index (χ3n) is 5.42. The van der Waals surface area contributed by atoms with Crippen molar-refractivity contribution < 1.29 is 5.21 Å². The number of benzene rings is 1. The van der Waals surface area contributed by atoms with E-state index < -0.39 is 0 Å². The minimum Gasteiger partial charge on any atom is -0.409 e. The maximum atomic E-state index is 8.66. The zero-order chi connectivity index (χ0) is 14.8. The fraction of sp³-hybridized carbons (Fsp3) is 0.588. The van der Waals surface area contributed by atoms with E-state index in [1.807, 2.05) is 24.3 Å². The van der Waals surface area contributed by atoms with Crippen LogP contribution in [0.5, 0.6) is 0 Å². The molecule has 2 bridgehead atoms. The van der Waals surface area contributed by atoms with Crippen LogP contribution >= 0.6 is 0 Å².